The smallest absolute Gasteiger partial charge is 0.372 e. The van der Waals surface area contributed by atoms with Crippen LogP contribution in [0.25, 0.3) is 0 Å². The molecule has 0 spiro atoms. The van der Waals surface area contributed by atoms with Crippen molar-refractivity contribution in [2.75, 3.05) is 6.61 Å². The lowest BCUT2D eigenvalue weighted by Crippen LogP contribution is -3.00. The molecule has 1 aromatic heterocycles. The molecule has 0 bridgehead atoms. The Balaban J connectivity index is 0.00000441. The van der Waals surface area contributed by atoms with Crippen LogP contribution in [-0.2, 0) is 16.1 Å². The van der Waals surface area contributed by atoms with Crippen LogP contribution in [0.4, 0.5) is 0 Å². The summed E-state index contributed by atoms with van der Waals surface area (Å²) in [6.45, 7) is 5.12. The number of hydrogen-bond donors (Lipinski definition) is 0. The second kappa shape index (κ2) is 13.6. The number of esters is 1. The Morgan fingerprint density at radius 2 is 1.73 bits per heavy atom. The van der Waals surface area contributed by atoms with E-state index in [-0.39, 0.29) is 18.4 Å². The van der Waals surface area contributed by atoms with Gasteiger partial charge in [-0.05, 0) is 19.4 Å². The highest BCUT2D eigenvalue weighted by molar-refractivity contribution is 5.67. The number of rotatable bonds is 11. The molecule has 1 heterocycles. The zero-order chi connectivity index (χ0) is 15.3. The zero-order valence-corrected chi connectivity index (χ0v) is 14.8. The van der Waals surface area contributed by atoms with Gasteiger partial charge in [-0.15, -0.1) is 0 Å². The number of nitrogens with zero attached hydrogens (tertiary/aromatic N) is 1. The molecule has 4 heteroatoms. The van der Waals surface area contributed by atoms with Crippen molar-refractivity contribution in [3.8, 4) is 0 Å². The van der Waals surface area contributed by atoms with E-state index in [0.29, 0.717) is 13.2 Å². The summed E-state index contributed by atoms with van der Waals surface area (Å²) < 4.78 is 7.14. The summed E-state index contributed by atoms with van der Waals surface area (Å²) >= 11 is 0. The Hall–Kier alpha value is -1.09. The van der Waals surface area contributed by atoms with Crippen LogP contribution >= 0.6 is 0 Å². The molecule has 0 amide bonds. The van der Waals surface area contributed by atoms with Crippen molar-refractivity contribution >= 4 is 5.97 Å². The summed E-state index contributed by atoms with van der Waals surface area (Å²) in [4.78, 5) is 11.7. The number of carbonyl (C=O) groups is 1. The number of ether oxygens (including phenoxy) is 1. The number of aryl methyl sites for hydroxylation is 1. The number of pyridine rings is 1. The van der Waals surface area contributed by atoms with Crippen LogP contribution in [0.15, 0.2) is 24.5 Å². The highest BCUT2D eigenvalue weighted by atomic mass is 35.5. The molecule has 0 saturated carbocycles. The molecular weight excluding hydrogens is 298 g/mol. The lowest BCUT2D eigenvalue weighted by molar-refractivity contribution is -0.686. The molecule has 0 aliphatic rings. The maximum atomic E-state index is 11.7. The van der Waals surface area contributed by atoms with Crippen molar-refractivity contribution in [1.29, 1.82) is 0 Å². The summed E-state index contributed by atoms with van der Waals surface area (Å²) in [5, 5.41) is 0. The predicted molar refractivity (Wildman–Crippen MR) is 84.9 cm³/mol. The normalized spacial score (nSPS) is 10.1. The predicted octanol–water partition coefficient (Wildman–Crippen LogP) is 0.970. The molecule has 0 saturated heterocycles. The van der Waals surface area contributed by atoms with Gasteiger partial charge in [-0.2, -0.15) is 4.57 Å². The van der Waals surface area contributed by atoms with Gasteiger partial charge in [0.1, 0.15) is 0 Å². The lowest BCUT2D eigenvalue weighted by Gasteiger charge is -2.03. The minimum Gasteiger partial charge on any atom is -1.00 e. The van der Waals surface area contributed by atoms with E-state index in [0.717, 1.165) is 18.4 Å². The molecule has 3 nitrogen and oxygen atoms in total. The number of halogens is 1. The SMILES string of the molecule is CCCCCCCCCCOC(=O)C[n+]1cccc(C)c1.[Cl-]. The van der Waals surface area contributed by atoms with Crippen molar-refractivity contribution < 1.29 is 26.5 Å². The Bertz CT molecular complexity index is 410. The fourth-order valence-electron chi connectivity index (χ4n) is 2.37. The van der Waals surface area contributed by atoms with Crippen molar-refractivity contribution in [1.82, 2.24) is 0 Å². The van der Waals surface area contributed by atoms with Crippen LogP contribution in [0.5, 0.6) is 0 Å². The Labute approximate surface area is 141 Å². The van der Waals surface area contributed by atoms with Crippen LogP contribution in [0.3, 0.4) is 0 Å². The molecule has 0 aliphatic carbocycles. The Kier molecular flexibility index (Phi) is 12.9. The van der Waals surface area contributed by atoms with Gasteiger partial charge < -0.3 is 17.1 Å². The van der Waals surface area contributed by atoms with Crippen molar-refractivity contribution in [3.63, 3.8) is 0 Å². The van der Waals surface area contributed by atoms with E-state index in [1.807, 2.05) is 36.0 Å². The summed E-state index contributed by atoms with van der Waals surface area (Å²) in [6, 6.07) is 3.96. The summed E-state index contributed by atoms with van der Waals surface area (Å²) in [5.74, 6) is -0.145. The average Bonchev–Trinajstić information content (AvgIpc) is 2.45. The first-order valence-corrected chi connectivity index (χ1v) is 8.33. The van der Waals surface area contributed by atoms with Gasteiger partial charge in [0.25, 0.3) is 0 Å². The first-order valence-electron chi connectivity index (χ1n) is 8.33. The van der Waals surface area contributed by atoms with Crippen molar-refractivity contribution in [3.05, 3.63) is 30.1 Å². The highest BCUT2D eigenvalue weighted by Crippen LogP contribution is 2.08. The van der Waals surface area contributed by atoms with Gasteiger partial charge in [0.15, 0.2) is 12.4 Å². The first kappa shape index (κ1) is 20.9. The number of carbonyl (C=O) groups excluding carboxylic acids is 1. The number of unbranched alkanes of at least 4 members (excludes halogenated alkanes) is 7. The highest BCUT2D eigenvalue weighted by Gasteiger charge is 2.10. The minimum atomic E-state index is -0.145. The third-order valence-electron chi connectivity index (χ3n) is 3.58. The van der Waals surface area contributed by atoms with E-state index in [2.05, 4.69) is 6.92 Å². The third kappa shape index (κ3) is 10.6. The maximum absolute atomic E-state index is 11.7. The average molecular weight is 328 g/mol. The molecule has 0 N–H and O–H groups in total. The van der Waals surface area contributed by atoms with E-state index in [1.54, 1.807) is 0 Å². The van der Waals surface area contributed by atoms with E-state index in [1.165, 1.54) is 38.5 Å². The largest absolute Gasteiger partial charge is 1.00 e. The monoisotopic (exact) mass is 327 g/mol. The van der Waals surface area contributed by atoms with Crippen LogP contribution in [0.1, 0.15) is 63.9 Å². The van der Waals surface area contributed by atoms with Crippen LogP contribution in [0, 0.1) is 6.92 Å². The second-order valence-electron chi connectivity index (χ2n) is 5.75. The van der Waals surface area contributed by atoms with Gasteiger partial charge in [0.05, 0.1) is 6.61 Å². The number of aromatic nitrogens is 1. The molecule has 22 heavy (non-hydrogen) atoms. The fourth-order valence-corrected chi connectivity index (χ4v) is 2.37. The second-order valence-corrected chi connectivity index (χ2v) is 5.75. The fraction of sp³-hybridized carbons (Fsp3) is 0.667. The van der Waals surface area contributed by atoms with E-state index in [9.17, 15) is 4.79 Å². The Morgan fingerprint density at radius 3 is 2.36 bits per heavy atom. The zero-order valence-electron chi connectivity index (χ0n) is 14.0. The van der Waals surface area contributed by atoms with Gasteiger partial charge in [-0.25, -0.2) is 4.79 Å². The molecule has 0 aromatic carbocycles. The quantitative estimate of drug-likeness (QED) is 0.344. The molecule has 1 rings (SSSR count). The van der Waals surface area contributed by atoms with Crippen molar-refractivity contribution in [2.45, 2.75) is 71.8 Å². The standard InChI is InChI=1S/C18H30NO2.ClH/c1-3-4-5-6-7-8-9-10-14-21-18(20)16-19-13-11-12-17(2)15-19;/h11-13,15H,3-10,14,16H2,1-2H3;1H/q+1;/p-1. The lowest BCUT2D eigenvalue weighted by atomic mass is 10.1. The molecule has 0 aliphatic heterocycles. The molecule has 0 fully saturated rings. The van der Waals surface area contributed by atoms with Crippen LogP contribution in [0.2, 0.25) is 0 Å². The first-order chi connectivity index (χ1) is 10.2. The van der Waals surface area contributed by atoms with Gasteiger partial charge in [0.2, 0.25) is 6.54 Å². The third-order valence-corrected chi connectivity index (χ3v) is 3.58. The summed E-state index contributed by atoms with van der Waals surface area (Å²) in [6.07, 6.45) is 13.9. The molecule has 0 atom stereocenters. The van der Waals surface area contributed by atoms with Crippen LogP contribution < -0.4 is 17.0 Å². The van der Waals surface area contributed by atoms with Crippen LogP contribution in [-0.4, -0.2) is 12.6 Å². The van der Waals surface area contributed by atoms with Gasteiger partial charge >= 0.3 is 5.97 Å². The Morgan fingerprint density at radius 1 is 1.09 bits per heavy atom. The van der Waals surface area contributed by atoms with Gasteiger partial charge in [-0.3, -0.25) is 0 Å². The maximum Gasteiger partial charge on any atom is 0.372 e. The summed E-state index contributed by atoms with van der Waals surface area (Å²) in [7, 11) is 0. The van der Waals surface area contributed by atoms with Crippen molar-refractivity contribution in [2.24, 2.45) is 0 Å². The molecule has 0 unspecified atom stereocenters. The molecular formula is C18H30ClNO2. The van der Waals surface area contributed by atoms with Gasteiger partial charge in [-0.1, -0.05) is 51.9 Å². The number of hydrogen-bond acceptors (Lipinski definition) is 2. The molecule has 126 valence electrons. The van der Waals surface area contributed by atoms with Gasteiger partial charge in [0, 0.05) is 11.6 Å². The topological polar surface area (TPSA) is 30.2 Å². The molecule has 1 aromatic rings. The minimum absolute atomic E-state index is 0. The summed E-state index contributed by atoms with van der Waals surface area (Å²) in [5.41, 5.74) is 1.15. The molecule has 0 radical (unpaired) electrons. The van der Waals surface area contributed by atoms with E-state index in [4.69, 9.17) is 4.74 Å². The van der Waals surface area contributed by atoms with E-state index >= 15 is 0 Å². The van der Waals surface area contributed by atoms with E-state index < -0.39 is 0 Å².